The fourth-order valence-corrected chi connectivity index (χ4v) is 4.17. The van der Waals surface area contributed by atoms with Crippen molar-refractivity contribution in [3.63, 3.8) is 0 Å². The predicted molar refractivity (Wildman–Crippen MR) is 133 cm³/mol. The van der Waals surface area contributed by atoms with Gasteiger partial charge in [0.25, 0.3) is 0 Å². The van der Waals surface area contributed by atoms with E-state index in [1.807, 2.05) is 48.5 Å². The van der Waals surface area contributed by atoms with Crippen molar-refractivity contribution in [2.45, 2.75) is 19.1 Å². The van der Waals surface area contributed by atoms with Crippen LogP contribution < -0.4 is 9.47 Å². The monoisotopic (exact) mass is 438 g/mol. The molecule has 0 saturated heterocycles. The van der Waals surface area contributed by atoms with Gasteiger partial charge in [-0.3, -0.25) is 0 Å². The summed E-state index contributed by atoms with van der Waals surface area (Å²) in [6.45, 7) is 0.997. The molecule has 3 heteroatoms. The van der Waals surface area contributed by atoms with E-state index < -0.39 is 0 Å². The largest absolute Gasteiger partial charge is 0.488 e. The first kappa shape index (κ1) is 20.4. The Kier molecular flexibility index (Phi) is 5.96. The first-order chi connectivity index (χ1) is 15.8. The standard InChI is InChI=1S/C29H23ClO2/c30-18-23-15-16-26-27(17-23)29(32-20-22-11-5-2-6-12-22)25-14-8-7-13-24(25)28(26)31-19-21-9-3-1-4-10-21/h1-17H,18-20H2. The highest BCUT2D eigenvalue weighted by molar-refractivity contribution is 6.17. The number of benzene rings is 5. The fourth-order valence-electron chi connectivity index (χ4n) is 4.00. The summed E-state index contributed by atoms with van der Waals surface area (Å²) >= 11 is 6.18. The molecule has 0 radical (unpaired) electrons. The van der Waals surface area contributed by atoms with Gasteiger partial charge in [-0.15, -0.1) is 11.6 Å². The maximum Gasteiger partial charge on any atom is 0.135 e. The van der Waals surface area contributed by atoms with Crippen LogP contribution in [0.3, 0.4) is 0 Å². The zero-order valence-electron chi connectivity index (χ0n) is 17.6. The van der Waals surface area contributed by atoms with Crippen LogP contribution in [-0.2, 0) is 19.1 Å². The average Bonchev–Trinajstić information content (AvgIpc) is 2.87. The minimum absolute atomic E-state index is 0.446. The molecule has 0 fully saturated rings. The highest BCUT2D eigenvalue weighted by Gasteiger charge is 2.17. The number of rotatable bonds is 7. The third-order valence-corrected chi connectivity index (χ3v) is 5.90. The average molecular weight is 439 g/mol. The molecule has 0 atom stereocenters. The molecule has 0 aliphatic rings. The van der Waals surface area contributed by atoms with Crippen molar-refractivity contribution < 1.29 is 9.47 Å². The van der Waals surface area contributed by atoms with Gasteiger partial charge in [-0.1, -0.05) is 97.1 Å². The Balaban J connectivity index is 1.64. The van der Waals surface area contributed by atoms with Crippen LogP contribution in [0, 0.1) is 0 Å². The van der Waals surface area contributed by atoms with Crippen LogP contribution in [0.15, 0.2) is 103 Å². The molecule has 0 aliphatic carbocycles. The maximum absolute atomic E-state index is 6.44. The molecule has 0 aliphatic heterocycles. The molecular formula is C29H23ClO2. The van der Waals surface area contributed by atoms with E-state index in [9.17, 15) is 0 Å². The Morgan fingerprint density at radius 2 is 0.938 bits per heavy atom. The number of hydrogen-bond donors (Lipinski definition) is 0. The van der Waals surface area contributed by atoms with E-state index in [2.05, 4.69) is 54.6 Å². The molecule has 0 spiro atoms. The molecule has 0 bridgehead atoms. The fraction of sp³-hybridized carbons (Fsp3) is 0.103. The summed E-state index contributed by atoms with van der Waals surface area (Å²) in [7, 11) is 0. The van der Waals surface area contributed by atoms with Gasteiger partial charge in [0.2, 0.25) is 0 Å². The zero-order valence-corrected chi connectivity index (χ0v) is 18.4. The van der Waals surface area contributed by atoms with Crippen molar-refractivity contribution >= 4 is 33.1 Å². The molecule has 5 rings (SSSR count). The Morgan fingerprint density at radius 1 is 0.469 bits per heavy atom. The van der Waals surface area contributed by atoms with Crippen molar-refractivity contribution in [2.24, 2.45) is 0 Å². The minimum atomic E-state index is 0.446. The third kappa shape index (κ3) is 4.15. The summed E-state index contributed by atoms with van der Waals surface area (Å²) in [6, 6.07) is 35.0. The van der Waals surface area contributed by atoms with E-state index in [0.717, 1.165) is 49.7 Å². The van der Waals surface area contributed by atoms with Gasteiger partial charge in [-0.2, -0.15) is 0 Å². The zero-order chi connectivity index (χ0) is 21.8. The lowest BCUT2D eigenvalue weighted by atomic mass is 9.99. The molecular weight excluding hydrogens is 416 g/mol. The lowest BCUT2D eigenvalue weighted by Crippen LogP contribution is -2.01. The molecule has 0 unspecified atom stereocenters. The van der Waals surface area contributed by atoms with Gasteiger partial charge in [-0.05, 0) is 22.8 Å². The molecule has 0 aromatic heterocycles. The Morgan fingerprint density at radius 3 is 1.47 bits per heavy atom. The van der Waals surface area contributed by atoms with Crippen LogP contribution in [0.1, 0.15) is 16.7 Å². The summed E-state index contributed by atoms with van der Waals surface area (Å²) in [4.78, 5) is 0. The van der Waals surface area contributed by atoms with Gasteiger partial charge in [-0.25, -0.2) is 0 Å². The molecule has 0 saturated carbocycles. The van der Waals surface area contributed by atoms with Crippen LogP contribution in [0.4, 0.5) is 0 Å². The van der Waals surface area contributed by atoms with Gasteiger partial charge in [0.15, 0.2) is 0 Å². The molecule has 5 aromatic rings. The summed E-state index contributed by atoms with van der Waals surface area (Å²) in [5.41, 5.74) is 3.31. The van der Waals surface area contributed by atoms with Crippen LogP contribution in [0.2, 0.25) is 0 Å². The first-order valence-electron chi connectivity index (χ1n) is 10.7. The number of alkyl halides is 1. The Bertz CT molecular complexity index is 1350. The second kappa shape index (κ2) is 9.33. The van der Waals surface area contributed by atoms with E-state index >= 15 is 0 Å². The molecule has 158 valence electrons. The van der Waals surface area contributed by atoms with Gasteiger partial charge in [0.1, 0.15) is 24.7 Å². The van der Waals surface area contributed by atoms with Gasteiger partial charge in [0, 0.05) is 27.4 Å². The number of ether oxygens (including phenoxy) is 2. The highest BCUT2D eigenvalue weighted by Crippen LogP contribution is 2.43. The topological polar surface area (TPSA) is 18.5 Å². The summed E-state index contributed by atoms with van der Waals surface area (Å²) < 4.78 is 12.9. The second-order valence-electron chi connectivity index (χ2n) is 7.77. The second-order valence-corrected chi connectivity index (χ2v) is 8.03. The summed E-state index contributed by atoms with van der Waals surface area (Å²) in [6.07, 6.45) is 0. The van der Waals surface area contributed by atoms with Crippen LogP contribution in [0.25, 0.3) is 21.5 Å². The quantitative estimate of drug-likeness (QED) is 0.190. The summed E-state index contributed by atoms with van der Waals surface area (Å²) in [5, 5.41) is 4.11. The third-order valence-electron chi connectivity index (χ3n) is 5.60. The van der Waals surface area contributed by atoms with E-state index in [1.165, 1.54) is 0 Å². The lowest BCUT2D eigenvalue weighted by Gasteiger charge is -2.18. The molecule has 2 nitrogen and oxygen atoms in total. The number of halogens is 1. The lowest BCUT2D eigenvalue weighted by molar-refractivity contribution is 0.308. The smallest absolute Gasteiger partial charge is 0.135 e. The van der Waals surface area contributed by atoms with Gasteiger partial charge < -0.3 is 9.47 Å². The van der Waals surface area contributed by atoms with Gasteiger partial charge >= 0.3 is 0 Å². The minimum Gasteiger partial charge on any atom is -0.488 e. The number of hydrogen-bond acceptors (Lipinski definition) is 2. The molecule has 0 amide bonds. The van der Waals surface area contributed by atoms with Crippen molar-refractivity contribution in [1.29, 1.82) is 0 Å². The summed E-state index contributed by atoms with van der Waals surface area (Å²) in [5.74, 6) is 2.17. The van der Waals surface area contributed by atoms with Crippen molar-refractivity contribution in [3.05, 3.63) is 120 Å². The van der Waals surface area contributed by atoms with Crippen molar-refractivity contribution in [3.8, 4) is 11.5 Å². The number of fused-ring (bicyclic) bond motifs is 2. The molecule has 32 heavy (non-hydrogen) atoms. The predicted octanol–water partition coefficient (Wildman–Crippen LogP) is 7.89. The van der Waals surface area contributed by atoms with Crippen LogP contribution >= 0.6 is 11.6 Å². The SMILES string of the molecule is ClCc1ccc2c(OCc3ccccc3)c3ccccc3c(OCc3ccccc3)c2c1. The van der Waals surface area contributed by atoms with E-state index in [0.29, 0.717) is 19.1 Å². The molecule has 0 heterocycles. The Labute approximate surface area is 193 Å². The Hall–Kier alpha value is -3.49. The molecule has 0 N–H and O–H groups in total. The van der Waals surface area contributed by atoms with E-state index in [-0.39, 0.29) is 0 Å². The van der Waals surface area contributed by atoms with Gasteiger partial charge in [0.05, 0.1) is 0 Å². The molecule has 5 aromatic carbocycles. The van der Waals surface area contributed by atoms with E-state index in [4.69, 9.17) is 21.1 Å². The first-order valence-corrected chi connectivity index (χ1v) is 11.2. The normalized spacial score (nSPS) is 11.0. The maximum atomic E-state index is 6.44. The van der Waals surface area contributed by atoms with E-state index in [1.54, 1.807) is 0 Å². The highest BCUT2D eigenvalue weighted by atomic mass is 35.5. The van der Waals surface area contributed by atoms with Crippen LogP contribution in [-0.4, -0.2) is 0 Å². The van der Waals surface area contributed by atoms with Crippen molar-refractivity contribution in [2.75, 3.05) is 0 Å². The van der Waals surface area contributed by atoms with Crippen LogP contribution in [0.5, 0.6) is 11.5 Å². The van der Waals surface area contributed by atoms with Crippen molar-refractivity contribution in [1.82, 2.24) is 0 Å².